The number of halogens is 3. The van der Waals surface area contributed by atoms with Gasteiger partial charge < -0.3 is 0 Å². The van der Waals surface area contributed by atoms with Gasteiger partial charge in [-0.1, -0.05) is 23.7 Å². The number of hydrogen-bond donors (Lipinski definition) is 0. The van der Waals surface area contributed by atoms with Crippen molar-refractivity contribution < 1.29 is 0 Å². The smallest absolute Gasteiger partial charge is 0.161 e. The quantitative estimate of drug-likeness (QED) is 0.691. The van der Waals surface area contributed by atoms with Crippen molar-refractivity contribution in [3.8, 4) is 11.4 Å². The molecule has 0 fully saturated rings. The molecule has 0 N–H and O–H groups in total. The molecule has 16 heavy (non-hydrogen) atoms. The number of aryl methyl sites for hydroxylation is 1. The fraction of sp³-hybridized carbons (Fsp3) is 0.0909. The molecule has 0 unspecified atom stereocenters. The second kappa shape index (κ2) is 4.82. The van der Waals surface area contributed by atoms with Crippen LogP contribution in [-0.2, 0) is 0 Å². The summed E-state index contributed by atoms with van der Waals surface area (Å²) >= 11 is 12.7. The van der Waals surface area contributed by atoms with Crippen LogP contribution in [0.25, 0.3) is 11.4 Å². The highest BCUT2D eigenvalue weighted by molar-refractivity contribution is 9.11. The topological polar surface area (TPSA) is 25.8 Å². The van der Waals surface area contributed by atoms with E-state index < -0.39 is 0 Å². The van der Waals surface area contributed by atoms with Crippen LogP contribution >= 0.6 is 43.5 Å². The minimum absolute atomic E-state index is 0.642. The predicted octanol–water partition coefficient (Wildman–Crippen LogP) is 4.63. The minimum Gasteiger partial charge on any atom is -0.221 e. The summed E-state index contributed by atoms with van der Waals surface area (Å²) < 4.78 is 1.47. The van der Waals surface area contributed by atoms with E-state index in [1.807, 2.05) is 25.1 Å². The maximum atomic E-state index is 6.06. The highest BCUT2D eigenvalue weighted by Crippen LogP contribution is 2.25. The Balaban J connectivity index is 2.54. The molecule has 0 spiro atoms. The van der Waals surface area contributed by atoms with E-state index in [0.29, 0.717) is 5.82 Å². The molecule has 0 radical (unpaired) electrons. The van der Waals surface area contributed by atoms with Crippen molar-refractivity contribution in [3.05, 3.63) is 44.1 Å². The Morgan fingerprint density at radius 1 is 1.06 bits per heavy atom. The Morgan fingerprint density at radius 3 is 2.25 bits per heavy atom. The summed E-state index contributed by atoms with van der Waals surface area (Å²) in [5.41, 5.74) is 1.94. The SMILES string of the molecule is Cc1ccc(-c2nc(Br)cc(Br)n2)cc1Cl. The monoisotopic (exact) mass is 360 g/mol. The Morgan fingerprint density at radius 2 is 1.69 bits per heavy atom. The Kier molecular flexibility index (Phi) is 3.62. The van der Waals surface area contributed by atoms with Crippen LogP contribution in [0.15, 0.2) is 33.5 Å². The summed E-state index contributed by atoms with van der Waals surface area (Å²) in [5, 5.41) is 0.720. The molecule has 1 aromatic heterocycles. The van der Waals surface area contributed by atoms with Crippen LogP contribution < -0.4 is 0 Å². The number of rotatable bonds is 1. The van der Waals surface area contributed by atoms with Crippen LogP contribution in [0.3, 0.4) is 0 Å². The Hall–Kier alpha value is -0.450. The van der Waals surface area contributed by atoms with Gasteiger partial charge in [0.05, 0.1) is 0 Å². The molecule has 2 rings (SSSR count). The van der Waals surface area contributed by atoms with Gasteiger partial charge >= 0.3 is 0 Å². The summed E-state index contributed by atoms with van der Waals surface area (Å²) in [5.74, 6) is 0.642. The Labute approximate surface area is 115 Å². The lowest BCUT2D eigenvalue weighted by Crippen LogP contribution is -1.90. The van der Waals surface area contributed by atoms with Gasteiger partial charge in [0.15, 0.2) is 5.82 Å². The van der Waals surface area contributed by atoms with Crippen LogP contribution in [0.2, 0.25) is 5.02 Å². The summed E-state index contributed by atoms with van der Waals surface area (Å²) in [6.07, 6.45) is 0. The molecule has 0 aliphatic carbocycles. The molecule has 0 aliphatic rings. The molecule has 0 saturated heterocycles. The van der Waals surface area contributed by atoms with E-state index in [1.165, 1.54) is 0 Å². The van der Waals surface area contributed by atoms with Crippen LogP contribution in [0, 0.1) is 6.92 Å². The van der Waals surface area contributed by atoms with E-state index >= 15 is 0 Å². The molecule has 0 bridgehead atoms. The molecule has 0 aliphatic heterocycles. The highest BCUT2D eigenvalue weighted by atomic mass is 79.9. The molecule has 0 amide bonds. The van der Waals surface area contributed by atoms with Gasteiger partial charge in [-0.25, -0.2) is 9.97 Å². The highest BCUT2D eigenvalue weighted by Gasteiger charge is 2.06. The average Bonchev–Trinajstić information content (AvgIpc) is 2.20. The fourth-order valence-corrected chi connectivity index (χ4v) is 2.51. The van der Waals surface area contributed by atoms with Crippen LogP contribution in [-0.4, -0.2) is 9.97 Å². The van der Waals surface area contributed by atoms with E-state index in [9.17, 15) is 0 Å². The van der Waals surface area contributed by atoms with Gasteiger partial charge in [0.25, 0.3) is 0 Å². The number of benzene rings is 1. The number of aromatic nitrogens is 2. The molecular formula is C11H7Br2ClN2. The summed E-state index contributed by atoms with van der Waals surface area (Å²) in [6, 6.07) is 7.57. The van der Waals surface area contributed by atoms with Gasteiger partial charge in [-0.05, 0) is 50.4 Å². The average molecular weight is 362 g/mol. The lowest BCUT2D eigenvalue weighted by atomic mass is 10.1. The third-order valence-corrected chi connectivity index (χ3v) is 3.31. The van der Waals surface area contributed by atoms with Crippen molar-refractivity contribution in [3.63, 3.8) is 0 Å². The van der Waals surface area contributed by atoms with Gasteiger partial charge in [0.1, 0.15) is 9.21 Å². The van der Waals surface area contributed by atoms with Gasteiger partial charge in [-0.3, -0.25) is 0 Å². The van der Waals surface area contributed by atoms with Gasteiger partial charge in [0.2, 0.25) is 0 Å². The van der Waals surface area contributed by atoms with E-state index in [-0.39, 0.29) is 0 Å². The zero-order valence-electron chi connectivity index (χ0n) is 8.34. The molecule has 2 aromatic rings. The largest absolute Gasteiger partial charge is 0.221 e. The number of nitrogens with zero attached hydrogens (tertiary/aromatic N) is 2. The molecule has 1 aromatic carbocycles. The van der Waals surface area contributed by atoms with Crippen LogP contribution in [0.5, 0.6) is 0 Å². The Bertz CT molecular complexity index is 523. The summed E-state index contributed by atoms with van der Waals surface area (Å²) in [4.78, 5) is 8.58. The summed E-state index contributed by atoms with van der Waals surface area (Å²) in [7, 11) is 0. The molecular weight excluding hydrogens is 355 g/mol. The van der Waals surface area contributed by atoms with Crippen molar-refractivity contribution >= 4 is 43.5 Å². The van der Waals surface area contributed by atoms with Crippen molar-refractivity contribution in [1.82, 2.24) is 9.97 Å². The van der Waals surface area contributed by atoms with E-state index in [4.69, 9.17) is 11.6 Å². The normalized spacial score (nSPS) is 10.5. The zero-order chi connectivity index (χ0) is 11.7. The molecule has 0 atom stereocenters. The third-order valence-electron chi connectivity index (χ3n) is 2.09. The van der Waals surface area contributed by atoms with E-state index in [2.05, 4.69) is 41.8 Å². The van der Waals surface area contributed by atoms with E-state index in [1.54, 1.807) is 6.07 Å². The van der Waals surface area contributed by atoms with Crippen LogP contribution in [0.1, 0.15) is 5.56 Å². The predicted molar refractivity (Wildman–Crippen MR) is 72.6 cm³/mol. The van der Waals surface area contributed by atoms with Crippen LogP contribution in [0.4, 0.5) is 0 Å². The lowest BCUT2D eigenvalue weighted by Gasteiger charge is -2.04. The molecule has 5 heteroatoms. The molecule has 0 saturated carbocycles. The summed E-state index contributed by atoms with van der Waals surface area (Å²) in [6.45, 7) is 1.96. The first-order valence-electron chi connectivity index (χ1n) is 4.53. The van der Waals surface area contributed by atoms with E-state index in [0.717, 1.165) is 25.4 Å². The third kappa shape index (κ3) is 2.62. The first-order chi connectivity index (χ1) is 7.56. The second-order valence-corrected chi connectivity index (χ2v) is 5.33. The van der Waals surface area contributed by atoms with Crippen molar-refractivity contribution in [2.45, 2.75) is 6.92 Å². The van der Waals surface area contributed by atoms with Crippen molar-refractivity contribution in [2.24, 2.45) is 0 Å². The second-order valence-electron chi connectivity index (χ2n) is 3.30. The maximum Gasteiger partial charge on any atom is 0.161 e. The lowest BCUT2D eigenvalue weighted by molar-refractivity contribution is 1.12. The van der Waals surface area contributed by atoms with Crippen molar-refractivity contribution in [2.75, 3.05) is 0 Å². The van der Waals surface area contributed by atoms with Gasteiger partial charge in [-0.15, -0.1) is 0 Å². The maximum absolute atomic E-state index is 6.06. The van der Waals surface area contributed by atoms with Gasteiger partial charge in [0, 0.05) is 16.7 Å². The van der Waals surface area contributed by atoms with Crippen molar-refractivity contribution in [1.29, 1.82) is 0 Å². The fourth-order valence-electron chi connectivity index (χ4n) is 1.25. The molecule has 82 valence electrons. The molecule has 2 nitrogen and oxygen atoms in total. The van der Waals surface area contributed by atoms with Gasteiger partial charge in [-0.2, -0.15) is 0 Å². The zero-order valence-corrected chi connectivity index (χ0v) is 12.3. The number of hydrogen-bond acceptors (Lipinski definition) is 2. The standard InChI is InChI=1S/C11H7Br2ClN2/c1-6-2-3-7(4-8(6)14)11-15-9(12)5-10(13)16-11/h2-5H,1H3. The first kappa shape index (κ1) is 12.0. The molecule has 1 heterocycles. The first-order valence-corrected chi connectivity index (χ1v) is 6.49. The minimum atomic E-state index is 0.642.